The van der Waals surface area contributed by atoms with E-state index in [0.29, 0.717) is 11.7 Å². The maximum Gasteiger partial charge on any atom is 0.227 e. The zero-order valence-corrected chi connectivity index (χ0v) is 13.6. The van der Waals surface area contributed by atoms with Crippen molar-refractivity contribution in [2.24, 2.45) is 0 Å². The van der Waals surface area contributed by atoms with E-state index in [0.717, 1.165) is 17.1 Å². The molecule has 0 fully saturated rings. The lowest BCUT2D eigenvalue weighted by Crippen LogP contribution is -2.10. The molecule has 1 N–H and O–H groups in total. The molecular formula is C17H23N3O. The molecule has 0 amide bonds. The van der Waals surface area contributed by atoms with Crippen LogP contribution in [0.4, 0.5) is 5.82 Å². The van der Waals surface area contributed by atoms with Gasteiger partial charge in [0.15, 0.2) is 0 Å². The van der Waals surface area contributed by atoms with Crippen LogP contribution in [0.5, 0.6) is 11.6 Å². The molecule has 0 saturated heterocycles. The molecule has 0 bridgehead atoms. The number of hydrogen-bond donors (Lipinski definition) is 1. The van der Waals surface area contributed by atoms with Crippen molar-refractivity contribution in [1.82, 2.24) is 9.97 Å². The lowest BCUT2D eigenvalue weighted by atomic mass is 9.87. The predicted molar refractivity (Wildman–Crippen MR) is 86.3 cm³/mol. The summed E-state index contributed by atoms with van der Waals surface area (Å²) in [5, 5.41) is 3.06. The van der Waals surface area contributed by atoms with Crippen molar-refractivity contribution in [2.75, 3.05) is 12.4 Å². The molecule has 0 aliphatic heterocycles. The lowest BCUT2D eigenvalue weighted by Gasteiger charge is -2.19. The van der Waals surface area contributed by atoms with E-state index in [1.807, 2.05) is 33.0 Å². The van der Waals surface area contributed by atoms with Crippen molar-refractivity contribution >= 4 is 5.82 Å². The number of nitrogens with one attached hydrogen (secondary N) is 1. The first-order chi connectivity index (χ1) is 9.81. The third-order valence-corrected chi connectivity index (χ3v) is 3.38. The summed E-state index contributed by atoms with van der Waals surface area (Å²) in [6, 6.07) is 8.16. The van der Waals surface area contributed by atoms with Gasteiger partial charge in [-0.15, -0.1) is 0 Å². The second kappa shape index (κ2) is 5.72. The average molecular weight is 285 g/mol. The van der Waals surface area contributed by atoms with E-state index in [-0.39, 0.29) is 5.41 Å². The van der Waals surface area contributed by atoms with Crippen molar-refractivity contribution in [3.8, 4) is 11.6 Å². The van der Waals surface area contributed by atoms with Crippen LogP contribution in [0.15, 0.2) is 24.3 Å². The van der Waals surface area contributed by atoms with E-state index in [4.69, 9.17) is 4.74 Å². The Kier molecular flexibility index (Phi) is 4.16. The highest BCUT2D eigenvalue weighted by atomic mass is 16.5. The van der Waals surface area contributed by atoms with Crippen LogP contribution in [0, 0.1) is 13.8 Å². The fraction of sp³-hybridized carbons (Fsp3) is 0.412. The highest BCUT2D eigenvalue weighted by molar-refractivity contribution is 5.49. The summed E-state index contributed by atoms with van der Waals surface area (Å²) in [4.78, 5) is 8.71. The first-order valence-corrected chi connectivity index (χ1v) is 7.12. The maximum absolute atomic E-state index is 5.91. The summed E-state index contributed by atoms with van der Waals surface area (Å²) < 4.78 is 5.91. The predicted octanol–water partition coefficient (Wildman–Crippen LogP) is 4.22. The van der Waals surface area contributed by atoms with Crippen molar-refractivity contribution in [2.45, 2.75) is 40.0 Å². The molecule has 2 aromatic rings. The van der Waals surface area contributed by atoms with Crippen molar-refractivity contribution in [1.29, 1.82) is 0 Å². The first kappa shape index (κ1) is 15.3. The second-order valence-electron chi connectivity index (χ2n) is 6.18. The van der Waals surface area contributed by atoms with Crippen LogP contribution in [0.3, 0.4) is 0 Å². The number of aromatic nitrogens is 2. The van der Waals surface area contributed by atoms with Gasteiger partial charge in [0.05, 0.1) is 5.56 Å². The lowest BCUT2D eigenvalue weighted by molar-refractivity contribution is 0.455. The molecule has 0 unspecified atom stereocenters. The van der Waals surface area contributed by atoms with Crippen LogP contribution < -0.4 is 10.1 Å². The van der Waals surface area contributed by atoms with Gasteiger partial charge in [-0.2, -0.15) is 4.98 Å². The molecule has 4 heteroatoms. The van der Waals surface area contributed by atoms with Gasteiger partial charge < -0.3 is 10.1 Å². The first-order valence-electron chi connectivity index (χ1n) is 7.12. The number of ether oxygens (including phenoxy) is 1. The van der Waals surface area contributed by atoms with Gasteiger partial charge in [0, 0.05) is 7.05 Å². The number of hydrogen-bond acceptors (Lipinski definition) is 4. The van der Waals surface area contributed by atoms with Gasteiger partial charge in [-0.25, -0.2) is 4.98 Å². The second-order valence-corrected chi connectivity index (χ2v) is 6.18. The highest BCUT2D eigenvalue weighted by Crippen LogP contribution is 2.29. The van der Waals surface area contributed by atoms with Crippen LogP contribution in [-0.4, -0.2) is 17.0 Å². The normalized spacial score (nSPS) is 11.3. The van der Waals surface area contributed by atoms with Gasteiger partial charge in [-0.05, 0) is 37.0 Å². The molecule has 21 heavy (non-hydrogen) atoms. The Bertz CT molecular complexity index is 628. The van der Waals surface area contributed by atoms with Crippen LogP contribution in [0.25, 0.3) is 0 Å². The molecule has 1 heterocycles. The topological polar surface area (TPSA) is 47.0 Å². The SMILES string of the molecule is CNc1nc(C)nc(Oc2ccc(C(C)(C)C)cc2)c1C. The molecule has 4 nitrogen and oxygen atoms in total. The zero-order chi connectivity index (χ0) is 15.6. The number of rotatable bonds is 3. The number of nitrogens with zero attached hydrogens (tertiary/aromatic N) is 2. The third kappa shape index (κ3) is 3.51. The Morgan fingerprint density at radius 1 is 1.00 bits per heavy atom. The van der Waals surface area contributed by atoms with E-state index in [9.17, 15) is 0 Å². The summed E-state index contributed by atoms with van der Waals surface area (Å²) in [5.74, 6) is 2.86. The summed E-state index contributed by atoms with van der Waals surface area (Å²) in [6.45, 7) is 10.4. The molecule has 112 valence electrons. The smallest absolute Gasteiger partial charge is 0.227 e. The summed E-state index contributed by atoms with van der Waals surface area (Å²) in [5.41, 5.74) is 2.32. The Balaban J connectivity index is 2.28. The van der Waals surface area contributed by atoms with Gasteiger partial charge in [0.25, 0.3) is 0 Å². The minimum atomic E-state index is 0.138. The Morgan fingerprint density at radius 2 is 1.62 bits per heavy atom. The highest BCUT2D eigenvalue weighted by Gasteiger charge is 2.14. The number of benzene rings is 1. The quantitative estimate of drug-likeness (QED) is 0.917. The molecule has 1 aromatic carbocycles. The molecule has 2 rings (SSSR count). The molecule has 0 saturated carbocycles. The molecule has 0 radical (unpaired) electrons. The van der Waals surface area contributed by atoms with Gasteiger partial charge in [-0.3, -0.25) is 0 Å². The fourth-order valence-electron chi connectivity index (χ4n) is 2.08. The largest absolute Gasteiger partial charge is 0.439 e. The fourth-order valence-corrected chi connectivity index (χ4v) is 2.08. The molecular weight excluding hydrogens is 262 g/mol. The standard InChI is InChI=1S/C17H23N3O/c1-11-15(18-6)19-12(2)20-16(11)21-14-9-7-13(8-10-14)17(3,4)5/h7-10H,1-6H3,(H,18,19,20). The Morgan fingerprint density at radius 3 is 2.14 bits per heavy atom. The van der Waals surface area contributed by atoms with E-state index in [1.165, 1.54) is 5.56 Å². The van der Waals surface area contributed by atoms with Gasteiger partial charge in [0.2, 0.25) is 5.88 Å². The minimum Gasteiger partial charge on any atom is -0.439 e. The van der Waals surface area contributed by atoms with E-state index < -0.39 is 0 Å². The average Bonchev–Trinajstić information content (AvgIpc) is 2.42. The minimum absolute atomic E-state index is 0.138. The summed E-state index contributed by atoms with van der Waals surface area (Å²) >= 11 is 0. The molecule has 0 spiro atoms. The zero-order valence-electron chi connectivity index (χ0n) is 13.6. The molecule has 1 aromatic heterocycles. The summed E-state index contributed by atoms with van der Waals surface area (Å²) in [7, 11) is 1.84. The monoisotopic (exact) mass is 285 g/mol. The Labute approximate surface area is 126 Å². The third-order valence-electron chi connectivity index (χ3n) is 3.38. The van der Waals surface area contributed by atoms with E-state index in [1.54, 1.807) is 0 Å². The maximum atomic E-state index is 5.91. The Hall–Kier alpha value is -2.10. The van der Waals surface area contributed by atoms with E-state index in [2.05, 4.69) is 48.2 Å². The van der Waals surface area contributed by atoms with Crippen LogP contribution in [0.1, 0.15) is 37.7 Å². The van der Waals surface area contributed by atoms with Gasteiger partial charge in [-0.1, -0.05) is 32.9 Å². The number of aryl methyl sites for hydroxylation is 1. The number of anilines is 1. The van der Waals surface area contributed by atoms with Crippen LogP contribution >= 0.6 is 0 Å². The van der Waals surface area contributed by atoms with Crippen molar-refractivity contribution in [3.63, 3.8) is 0 Å². The van der Waals surface area contributed by atoms with Crippen molar-refractivity contribution < 1.29 is 4.74 Å². The molecule has 0 atom stereocenters. The van der Waals surface area contributed by atoms with Crippen LogP contribution in [0.2, 0.25) is 0 Å². The van der Waals surface area contributed by atoms with E-state index >= 15 is 0 Å². The van der Waals surface area contributed by atoms with Crippen molar-refractivity contribution in [3.05, 3.63) is 41.2 Å². The molecule has 0 aliphatic rings. The van der Waals surface area contributed by atoms with Gasteiger partial charge >= 0.3 is 0 Å². The summed E-state index contributed by atoms with van der Waals surface area (Å²) in [6.07, 6.45) is 0. The van der Waals surface area contributed by atoms with Gasteiger partial charge in [0.1, 0.15) is 17.4 Å². The molecule has 0 aliphatic carbocycles. The van der Waals surface area contributed by atoms with Crippen LogP contribution in [-0.2, 0) is 5.41 Å².